The summed E-state index contributed by atoms with van der Waals surface area (Å²) in [6, 6.07) is 0. The molecule has 1 N–H and O–H groups in total. The van der Waals surface area contributed by atoms with E-state index in [-0.39, 0.29) is 12.2 Å². The SMILES string of the molecule is CCO[C@@H](C)c1noc(CN2CCO[C@@H](c3n[nH]c(CC)n3)C2)n1. The highest BCUT2D eigenvalue weighted by Gasteiger charge is 2.26. The van der Waals surface area contributed by atoms with Crippen molar-refractivity contribution in [3.05, 3.63) is 23.4 Å². The Hall–Kier alpha value is -1.84. The molecule has 24 heavy (non-hydrogen) atoms. The second-order valence-corrected chi connectivity index (χ2v) is 5.73. The number of morpholine rings is 1. The summed E-state index contributed by atoms with van der Waals surface area (Å²) in [6.07, 6.45) is 0.525. The Morgan fingerprint density at radius 2 is 2.25 bits per heavy atom. The zero-order chi connectivity index (χ0) is 16.9. The van der Waals surface area contributed by atoms with Crippen LogP contribution in [0.1, 0.15) is 56.3 Å². The van der Waals surface area contributed by atoms with Gasteiger partial charge in [-0.1, -0.05) is 12.1 Å². The number of hydrogen-bond acceptors (Lipinski definition) is 8. The largest absolute Gasteiger partial charge is 0.371 e. The molecular weight excluding hydrogens is 312 g/mol. The Morgan fingerprint density at radius 1 is 1.38 bits per heavy atom. The average Bonchev–Trinajstić information content (AvgIpc) is 3.24. The van der Waals surface area contributed by atoms with E-state index in [1.165, 1.54) is 0 Å². The molecule has 1 fully saturated rings. The highest BCUT2D eigenvalue weighted by atomic mass is 16.5. The standard InChI is InChI=1S/C15H24N6O3/c1-4-12-16-15(19-18-12)11-8-21(6-7-23-11)9-13-17-14(20-24-13)10(3)22-5-2/h10-11H,4-9H2,1-3H3,(H,16,18,19)/t10-,11+/m0/s1. The van der Waals surface area contributed by atoms with E-state index in [0.29, 0.717) is 43.8 Å². The topological polar surface area (TPSA) is 102 Å². The maximum atomic E-state index is 5.79. The van der Waals surface area contributed by atoms with Crippen LogP contribution < -0.4 is 0 Å². The fraction of sp³-hybridized carbons (Fsp3) is 0.733. The summed E-state index contributed by atoms with van der Waals surface area (Å²) >= 11 is 0. The number of aryl methyl sites for hydroxylation is 1. The number of aromatic amines is 1. The molecule has 0 bridgehead atoms. The number of aromatic nitrogens is 5. The summed E-state index contributed by atoms with van der Waals surface area (Å²) in [5.74, 6) is 2.74. The minimum Gasteiger partial charge on any atom is -0.371 e. The van der Waals surface area contributed by atoms with Gasteiger partial charge in [0.05, 0.1) is 13.2 Å². The summed E-state index contributed by atoms with van der Waals surface area (Å²) in [7, 11) is 0. The van der Waals surface area contributed by atoms with Crippen molar-refractivity contribution in [2.75, 3.05) is 26.3 Å². The van der Waals surface area contributed by atoms with Gasteiger partial charge in [0.1, 0.15) is 18.0 Å². The van der Waals surface area contributed by atoms with Crippen LogP contribution in [-0.4, -0.2) is 56.5 Å². The minimum atomic E-state index is -0.161. The van der Waals surface area contributed by atoms with Crippen LogP contribution in [0.4, 0.5) is 0 Å². The van der Waals surface area contributed by atoms with Crippen molar-refractivity contribution in [1.82, 2.24) is 30.2 Å². The minimum absolute atomic E-state index is 0.139. The first kappa shape index (κ1) is 17.0. The lowest BCUT2D eigenvalue weighted by Crippen LogP contribution is -2.38. The van der Waals surface area contributed by atoms with Crippen LogP contribution in [0.3, 0.4) is 0 Å². The molecule has 0 aromatic carbocycles. The van der Waals surface area contributed by atoms with Gasteiger partial charge in [0.2, 0.25) is 5.89 Å². The average molecular weight is 336 g/mol. The molecule has 0 amide bonds. The highest BCUT2D eigenvalue weighted by Crippen LogP contribution is 2.21. The molecule has 3 heterocycles. The van der Waals surface area contributed by atoms with E-state index in [1.807, 2.05) is 20.8 Å². The van der Waals surface area contributed by atoms with Gasteiger partial charge in [-0.25, -0.2) is 4.98 Å². The van der Waals surface area contributed by atoms with E-state index in [0.717, 1.165) is 18.8 Å². The Labute approximate surface area is 140 Å². The Balaban J connectivity index is 1.59. The van der Waals surface area contributed by atoms with Crippen molar-refractivity contribution in [2.45, 2.75) is 45.9 Å². The Morgan fingerprint density at radius 3 is 3.00 bits per heavy atom. The fourth-order valence-electron chi connectivity index (χ4n) is 2.63. The number of H-pyrrole nitrogens is 1. The van der Waals surface area contributed by atoms with Crippen LogP contribution in [0.25, 0.3) is 0 Å². The molecule has 1 saturated heterocycles. The lowest BCUT2D eigenvalue weighted by atomic mass is 10.2. The van der Waals surface area contributed by atoms with Crippen molar-refractivity contribution in [2.24, 2.45) is 0 Å². The molecule has 2 aromatic heterocycles. The van der Waals surface area contributed by atoms with Gasteiger partial charge in [0, 0.05) is 26.1 Å². The first-order valence-electron chi connectivity index (χ1n) is 8.38. The van der Waals surface area contributed by atoms with E-state index < -0.39 is 0 Å². The van der Waals surface area contributed by atoms with E-state index >= 15 is 0 Å². The first-order chi connectivity index (χ1) is 11.7. The second-order valence-electron chi connectivity index (χ2n) is 5.73. The molecule has 0 saturated carbocycles. The van der Waals surface area contributed by atoms with Crippen molar-refractivity contribution in [3.8, 4) is 0 Å². The van der Waals surface area contributed by atoms with Gasteiger partial charge in [-0.05, 0) is 13.8 Å². The molecule has 9 nitrogen and oxygen atoms in total. The summed E-state index contributed by atoms with van der Waals surface area (Å²) in [6.45, 7) is 9.21. The van der Waals surface area contributed by atoms with Crippen molar-refractivity contribution in [3.63, 3.8) is 0 Å². The number of rotatable bonds is 7. The number of hydrogen-bond donors (Lipinski definition) is 1. The first-order valence-corrected chi connectivity index (χ1v) is 8.38. The third-order valence-electron chi connectivity index (χ3n) is 3.95. The molecule has 132 valence electrons. The molecule has 0 spiro atoms. The lowest BCUT2D eigenvalue weighted by Gasteiger charge is -2.30. The predicted molar refractivity (Wildman–Crippen MR) is 84.1 cm³/mol. The van der Waals surface area contributed by atoms with Gasteiger partial charge in [0.15, 0.2) is 11.6 Å². The van der Waals surface area contributed by atoms with E-state index in [9.17, 15) is 0 Å². The van der Waals surface area contributed by atoms with Crippen molar-refractivity contribution >= 4 is 0 Å². The van der Waals surface area contributed by atoms with Crippen LogP contribution in [-0.2, 0) is 22.4 Å². The zero-order valence-corrected chi connectivity index (χ0v) is 14.4. The third-order valence-corrected chi connectivity index (χ3v) is 3.95. The molecule has 3 rings (SSSR count). The maximum absolute atomic E-state index is 5.79. The molecule has 2 atom stereocenters. The normalized spacial score (nSPS) is 20.4. The summed E-state index contributed by atoms with van der Waals surface area (Å²) in [4.78, 5) is 11.1. The maximum Gasteiger partial charge on any atom is 0.240 e. The second kappa shape index (κ2) is 7.82. The molecular formula is C15H24N6O3. The number of nitrogens with zero attached hydrogens (tertiary/aromatic N) is 5. The van der Waals surface area contributed by atoms with Crippen LogP contribution in [0.5, 0.6) is 0 Å². The smallest absolute Gasteiger partial charge is 0.240 e. The van der Waals surface area contributed by atoms with Gasteiger partial charge in [0.25, 0.3) is 0 Å². The lowest BCUT2D eigenvalue weighted by molar-refractivity contribution is -0.0396. The monoisotopic (exact) mass is 336 g/mol. The van der Waals surface area contributed by atoms with Gasteiger partial charge in [-0.3, -0.25) is 10.00 Å². The molecule has 0 radical (unpaired) electrons. The van der Waals surface area contributed by atoms with Crippen LogP contribution in [0.15, 0.2) is 4.52 Å². The zero-order valence-electron chi connectivity index (χ0n) is 14.4. The number of ether oxygens (including phenoxy) is 2. The van der Waals surface area contributed by atoms with Crippen LogP contribution in [0, 0.1) is 0 Å². The Kier molecular flexibility index (Phi) is 5.54. The number of nitrogens with one attached hydrogen (secondary N) is 1. The highest BCUT2D eigenvalue weighted by molar-refractivity contribution is 4.97. The third kappa shape index (κ3) is 3.97. The summed E-state index contributed by atoms with van der Waals surface area (Å²) in [5, 5.41) is 11.2. The summed E-state index contributed by atoms with van der Waals surface area (Å²) in [5.41, 5.74) is 0. The van der Waals surface area contributed by atoms with Crippen LogP contribution in [0.2, 0.25) is 0 Å². The molecule has 0 aliphatic carbocycles. The molecule has 1 aliphatic heterocycles. The Bertz CT molecular complexity index is 643. The summed E-state index contributed by atoms with van der Waals surface area (Å²) < 4.78 is 16.6. The molecule has 0 unspecified atom stereocenters. The van der Waals surface area contributed by atoms with E-state index in [2.05, 4.69) is 30.2 Å². The molecule has 1 aliphatic rings. The van der Waals surface area contributed by atoms with E-state index in [4.69, 9.17) is 14.0 Å². The van der Waals surface area contributed by atoms with Gasteiger partial charge in [-0.15, -0.1) is 0 Å². The van der Waals surface area contributed by atoms with E-state index in [1.54, 1.807) is 0 Å². The predicted octanol–water partition coefficient (Wildman–Crippen LogP) is 1.42. The van der Waals surface area contributed by atoms with Gasteiger partial charge in [-0.2, -0.15) is 10.1 Å². The fourth-order valence-corrected chi connectivity index (χ4v) is 2.63. The molecule has 2 aromatic rings. The molecule has 9 heteroatoms. The van der Waals surface area contributed by atoms with Crippen LogP contribution >= 0.6 is 0 Å². The van der Waals surface area contributed by atoms with Crippen molar-refractivity contribution in [1.29, 1.82) is 0 Å². The van der Waals surface area contributed by atoms with Gasteiger partial charge >= 0.3 is 0 Å². The quantitative estimate of drug-likeness (QED) is 0.810. The van der Waals surface area contributed by atoms with Crippen molar-refractivity contribution < 1.29 is 14.0 Å². The van der Waals surface area contributed by atoms with Gasteiger partial charge < -0.3 is 14.0 Å².